The van der Waals surface area contributed by atoms with E-state index in [0.717, 1.165) is 13.2 Å². The molecule has 2 aromatic heterocycles. The molecule has 5 atom stereocenters. The lowest BCUT2D eigenvalue weighted by atomic mass is 9.72. The number of aromatic nitrogens is 4. The van der Waals surface area contributed by atoms with Crippen LogP contribution < -0.4 is 42.6 Å². The van der Waals surface area contributed by atoms with Gasteiger partial charge in [-0.05, 0) is 55.8 Å². The molecule has 456 valence electrons. The summed E-state index contributed by atoms with van der Waals surface area (Å²) in [5, 5.41) is 88.6. The standard InChI is InChI=1S/C57H52N10O21/c1-22(68)57(85)17-31-40(47(74)42-41(45(31)72)44(71)26-4-3-5-35(86-2)39(26)46(42)73)36(18-57)88-38-16-33(34(69)21-87-38)65-51(77)28-14-27(29(53(79)80)15-30(28)54(81)82)50(76)60-13-12-59-37(70)11-10-32(55(83)84)64-49(75)23-6-8-24(9-7-23)61-19-25-20-62-48-43(63-25)52(78)67-56(58)66-48/h3-9,14-15,20-21,32-33,36,38,61,69,72,74,85H,10-13,16-19H2,1-2H3,(H,59,70)(H,60,76)(H,64,75)(H,65,77)(H,79,80)(H,81,82)(H,83,84)(H3,58,62,66,67,78)/t32-,33?,36-,38-,57-/m0/s1. The highest BCUT2D eigenvalue weighted by atomic mass is 16.7. The lowest BCUT2D eigenvalue weighted by Gasteiger charge is -2.40. The molecule has 0 saturated heterocycles. The number of rotatable bonds is 21. The van der Waals surface area contributed by atoms with Gasteiger partial charge in [0.15, 0.2) is 22.7 Å². The van der Waals surface area contributed by atoms with Gasteiger partial charge in [0.25, 0.3) is 23.3 Å². The summed E-state index contributed by atoms with van der Waals surface area (Å²) in [5.41, 5.74) is -1.87. The van der Waals surface area contributed by atoms with Gasteiger partial charge in [0.05, 0.1) is 76.6 Å². The number of aromatic carboxylic acids is 2. The highest BCUT2D eigenvalue weighted by Gasteiger charge is 2.49. The fraction of sp³-hybridized carbons (Fsp3) is 0.263. The number of methoxy groups -OCH3 is 1. The summed E-state index contributed by atoms with van der Waals surface area (Å²) in [6, 6.07) is 8.16. The number of carboxylic acid groups (broad SMARTS) is 3. The number of ether oxygens (including phenoxy) is 3. The number of aromatic hydroxyl groups is 2. The molecular weight excluding hydrogens is 1160 g/mol. The van der Waals surface area contributed by atoms with E-state index in [4.69, 9.17) is 19.9 Å². The molecule has 3 heterocycles. The van der Waals surface area contributed by atoms with E-state index in [1.165, 1.54) is 55.8 Å². The van der Waals surface area contributed by atoms with Crippen LogP contribution in [0.5, 0.6) is 17.2 Å². The molecule has 0 saturated carbocycles. The van der Waals surface area contributed by atoms with Crippen molar-refractivity contribution in [3.8, 4) is 17.2 Å². The summed E-state index contributed by atoms with van der Waals surface area (Å²) in [4.78, 5) is 158. The second-order valence-electron chi connectivity index (χ2n) is 20.3. The first kappa shape index (κ1) is 61.2. The van der Waals surface area contributed by atoms with Gasteiger partial charge in [-0.15, -0.1) is 0 Å². The number of hydrogen-bond donors (Lipinski definition) is 14. The molecule has 4 aromatic carbocycles. The number of nitrogens with two attached hydrogens (primary N) is 1. The number of nitrogen functional groups attached to an aromatic ring is 1. The number of anilines is 2. The molecule has 31 heteroatoms. The van der Waals surface area contributed by atoms with Crippen LogP contribution in [0, 0.1) is 0 Å². The first-order chi connectivity index (χ1) is 41.8. The second-order valence-corrected chi connectivity index (χ2v) is 20.3. The number of hydrogen-bond acceptors (Lipinski definition) is 23. The van der Waals surface area contributed by atoms with Crippen molar-refractivity contribution in [3.05, 3.63) is 150 Å². The SMILES string of the molecule is COc1cccc2c1C(=O)c1c(O)c3c(c(O)c1C2=O)C[C@@](O)(C(C)=O)C[C@@H]3O[C@H]1CC(NC(=O)c2cc(C(=O)NCCNC(=O)CC[C@H](NC(=O)c3ccc(NCc4cnc5nc(N)[nH]c(=O)c5n4)cc3)C(=O)O)c(C(=O)O)cc2C(=O)O)C(O)=CO1. The molecule has 4 amide bonds. The monoisotopic (exact) mass is 1210 g/mol. The molecule has 31 nitrogen and oxygen atoms in total. The van der Waals surface area contributed by atoms with Crippen LogP contribution in [0.15, 0.2) is 77.6 Å². The van der Waals surface area contributed by atoms with Crippen LogP contribution in [0.3, 0.4) is 0 Å². The van der Waals surface area contributed by atoms with Crippen molar-refractivity contribution in [2.24, 2.45) is 0 Å². The summed E-state index contributed by atoms with van der Waals surface area (Å²) < 4.78 is 17.0. The normalized spacial score (nSPS) is 17.8. The van der Waals surface area contributed by atoms with Gasteiger partial charge >= 0.3 is 17.9 Å². The van der Waals surface area contributed by atoms with E-state index in [-0.39, 0.29) is 70.2 Å². The Morgan fingerprint density at radius 1 is 0.830 bits per heavy atom. The van der Waals surface area contributed by atoms with Crippen molar-refractivity contribution < 1.29 is 97.9 Å². The number of carboxylic acids is 3. The summed E-state index contributed by atoms with van der Waals surface area (Å²) >= 11 is 0. The maximum atomic E-state index is 14.1. The molecule has 6 aromatic rings. The molecule has 15 N–H and O–H groups in total. The highest BCUT2D eigenvalue weighted by molar-refractivity contribution is 6.31. The number of amides is 4. The van der Waals surface area contributed by atoms with Crippen molar-refractivity contribution in [1.82, 2.24) is 41.2 Å². The zero-order chi connectivity index (χ0) is 63.6. The van der Waals surface area contributed by atoms with E-state index in [1.807, 2.05) is 0 Å². The zero-order valence-electron chi connectivity index (χ0n) is 46.1. The first-order valence-corrected chi connectivity index (χ1v) is 26.5. The van der Waals surface area contributed by atoms with Crippen LogP contribution in [0.2, 0.25) is 0 Å². The average Bonchev–Trinajstić information content (AvgIpc) is 0.832. The minimum atomic E-state index is -2.31. The molecule has 9 rings (SSSR count). The van der Waals surface area contributed by atoms with Gasteiger partial charge in [0.1, 0.15) is 40.9 Å². The van der Waals surface area contributed by atoms with E-state index < -0.39 is 177 Å². The number of aromatic amines is 1. The Hall–Kier alpha value is -11.3. The number of carbonyl (C=O) groups excluding carboxylic acids is 7. The predicted octanol–water partition coefficient (Wildman–Crippen LogP) is 1.28. The van der Waals surface area contributed by atoms with Gasteiger partial charge in [0, 0.05) is 66.7 Å². The van der Waals surface area contributed by atoms with Crippen LogP contribution >= 0.6 is 0 Å². The Kier molecular flexibility index (Phi) is 17.2. The molecule has 3 aliphatic rings. The number of Topliss-reactive ketones (excluding diaryl/α,β-unsaturated/α-hetero) is 1. The number of ketones is 3. The van der Waals surface area contributed by atoms with Crippen LogP contribution in [-0.4, -0.2) is 159 Å². The maximum absolute atomic E-state index is 14.1. The van der Waals surface area contributed by atoms with E-state index >= 15 is 0 Å². The smallest absolute Gasteiger partial charge is 0.336 e. The third kappa shape index (κ3) is 12.3. The molecule has 0 fully saturated rings. The molecule has 2 aliphatic carbocycles. The molecule has 0 bridgehead atoms. The number of aliphatic carboxylic acids is 1. The maximum Gasteiger partial charge on any atom is 0.336 e. The van der Waals surface area contributed by atoms with E-state index in [1.54, 1.807) is 0 Å². The predicted molar refractivity (Wildman–Crippen MR) is 299 cm³/mol. The van der Waals surface area contributed by atoms with Crippen molar-refractivity contribution in [2.45, 2.75) is 75.7 Å². The van der Waals surface area contributed by atoms with Crippen LogP contribution in [0.25, 0.3) is 11.2 Å². The number of fused-ring (bicyclic) bond motifs is 4. The number of nitrogens with zero attached hydrogens (tertiary/aromatic N) is 3. The fourth-order valence-electron chi connectivity index (χ4n) is 10.2. The van der Waals surface area contributed by atoms with Gasteiger partial charge in [-0.3, -0.25) is 43.3 Å². The Morgan fingerprint density at radius 3 is 2.17 bits per heavy atom. The number of phenolic OH excluding ortho intramolecular Hbond substituents is 2. The minimum absolute atomic E-state index is 0.0205. The van der Waals surface area contributed by atoms with Crippen LogP contribution in [-0.2, 0) is 36.8 Å². The van der Waals surface area contributed by atoms with Crippen LogP contribution in [0.4, 0.5) is 11.6 Å². The number of H-pyrrole nitrogens is 1. The highest BCUT2D eigenvalue weighted by Crippen LogP contribution is 2.52. The summed E-state index contributed by atoms with van der Waals surface area (Å²) in [5.74, 6) is -14.1. The fourth-order valence-corrected chi connectivity index (χ4v) is 10.2. The number of phenols is 2. The number of aliphatic hydroxyl groups excluding tert-OH is 1. The van der Waals surface area contributed by atoms with Gasteiger partial charge in [-0.25, -0.2) is 24.4 Å². The number of benzene rings is 4. The van der Waals surface area contributed by atoms with Gasteiger partial charge < -0.3 is 82.3 Å². The molecule has 1 aliphatic heterocycles. The number of carbonyl (C=O) groups is 10. The molecular formula is C57H52N10O21. The van der Waals surface area contributed by atoms with E-state index in [2.05, 4.69) is 46.5 Å². The number of aliphatic hydroxyl groups is 2. The quantitative estimate of drug-likeness (QED) is 0.0356. The topological polar surface area (TPSA) is 498 Å². The number of nitrogens with one attached hydrogen (secondary N) is 6. The lowest BCUT2D eigenvalue weighted by molar-refractivity contribution is -0.179. The van der Waals surface area contributed by atoms with Gasteiger partial charge in [0.2, 0.25) is 23.9 Å². The molecule has 0 spiro atoms. The van der Waals surface area contributed by atoms with Crippen molar-refractivity contribution >= 4 is 81.7 Å². The minimum Gasteiger partial charge on any atom is -0.507 e. The Labute approximate surface area is 493 Å². The molecule has 1 unspecified atom stereocenters. The Balaban J connectivity index is 0.814. The van der Waals surface area contributed by atoms with Crippen molar-refractivity contribution in [1.29, 1.82) is 0 Å². The largest absolute Gasteiger partial charge is 0.507 e. The summed E-state index contributed by atoms with van der Waals surface area (Å²) in [7, 11) is 1.25. The van der Waals surface area contributed by atoms with Crippen molar-refractivity contribution in [3.63, 3.8) is 0 Å². The Bertz CT molecular complexity index is 4070. The molecule has 88 heavy (non-hydrogen) atoms. The second kappa shape index (κ2) is 24.7. The molecule has 0 radical (unpaired) electrons. The van der Waals surface area contributed by atoms with Gasteiger partial charge in [-0.2, -0.15) is 4.98 Å². The van der Waals surface area contributed by atoms with Gasteiger partial charge in [-0.1, -0.05) is 12.1 Å². The summed E-state index contributed by atoms with van der Waals surface area (Å²) in [6.07, 6.45) is -3.75. The van der Waals surface area contributed by atoms with Crippen molar-refractivity contribution in [2.75, 3.05) is 31.2 Å². The first-order valence-electron chi connectivity index (χ1n) is 26.5. The lowest BCUT2D eigenvalue weighted by Crippen LogP contribution is -2.46. The van der Waals surface area contributed by atoms with E-state index in [9.17, 15) is 88.5 Å². The van der Waals surface area contributed by atoms with E-state index in [0.29, 0.717) is 23.5 Å². The van der Waals surface area contributed by atoms with Crippen LogP contribution in [0.1, 0.15) is 139 Å². The Morgan fingerprint density at radius 2 is 1.50 bits per heavy atom. The summed E-state index contributed by atoms with van der Waals surface area (Å²) in [6.45, 7) is 0.442. The zero-order valence-corrected chi connectivity index (χ0v) is 46.1. The third-order valence-corrected chi connectivity index (χ3v) is 14.7. The average molecular weight is 1210 g/mol. The third-order valence-electron chi connectivity index (χ3n) is 14.7.